The van der Waals surface area contributed by atoms with E-state index in [1.54, 1.807) is 0 Å². The first-order valence-corrected chi connectivity index (χ1v) is 8.26. The summed E-state index contributed by atoms with van der Waals surface area (Å²) in [4.78, 5) is 0. The van der Waals surface area contributed by atoms with Crippen LogP contribution < -0.4 is 0 Å². The molecule has 2 atom stereocenters. The van der Waals surface area contributed by atoms with E-state index in [1.165, 1.54) is 11.7 Å². The van der Waals surface area contributed by atoms with Crippen LogP contribution in [0.4, 0.5) is 0 Å². The number of methoxy groups -OCH3 is 1. The van der Waals surface area contributed by atoms with Crippen molar-refractivity contribution in [3.8, 4) is 0 Å². The molecule has 9 heteroatoms. The van der Waals surface area contributed by atoms with E-state index < -0.39 is 9.05 Å². The maximum absolute atomic E-state index is 11.5. The van der Waals surface area contributed by atoms with Gasteiger partial charge in [0, 0.05) is 17.8 Å². The maximum Gasteiger partial charge on any atom is 0.296 e. The largest absolute Gasteiger partial charge is 0.383 e. The fourth-order valence-corrected chi connectivity index (χ4v) is 3.03. The van der Waals surface area contributed by atoms with Crippen LogP contribution in [0.15, 0.2) is 5.16 Å². The molecule has 19 heavy (non-hydrogen) atoms. The van der Waals surface area contributed by atoms with Crippen molar-refractivity contribution in [3.05, 3.63) is 5.82 Å². The van der Waals surface area contributed by atoms with Gasteiger partial charge in [-0.1, -0.05) is 0 Å². The van der Waals surface area contributed by atoms with Gasteiger partial charge in [-0.15, -0.1) is 10.2 Å². The third kappa shape index (κ3) is 3.25. The number of ether oxygens (including phenoxy) is 2. The second-order valence-electron chi connectivity index (χ2n) is 4.44. The molecule has 1 fully saturated rings. The summed E-state index contributed by atoms with van der Waals surface area (Å²) in [7, 11) is 2.96. The smallest absolute Gasteiger partial charge is 0.296 e. The molecular weight excluding hydrogens is 294 g/mol. The molecule has 2 rings (SSSR count). The Hall–Kier alpha value is -0.700. The van der Waals surface area contributed by atoms with Crippen LogP contribution in [0.25, 0.3) is 0 Å². The number of rotatable bonds is 5. The molecule has 0 aliphatic carbocycles. The summed E-state index contributed by atoms with van der Waals surface area (Å²) < 4.78 is 35.1. The highest BCUT2D eigenvalue weighted by molar-refractivity contribution is 8.13. The van der Waals surface area contributed by atoms with Gasteiger partial charge in [0.2, 0.25) is 0 Å². The fourth-order valence-electron chi connectivity index (χ4n) is 2.10. The Bertz CT molecular complexity index is 545. The standard InChI is InChI=1S/C10H16ClN3O4S/c1-7-3-4-8(18-7)9-12-13-10(19(11,15)16)14(9)5-6-17-2/h7-8H,3-6H2,1-2H3. The molecule has 0 spiro atoms. The quantitative estimate of drug-likeness (QED) is 0.757. The summed E-state index contributed by atoms with van der Waals surface area (Å²) in [5, 5.41) is 7.33. The van der Waals surface area contributed by atoms with E-state index in [0.29, 0.717) is 19.0 Å². The first-order chi connectivity index (χ1) is 8.93. The van der Waals surface area contributed by atoms with Gasteiger partial charge in [0.15, 0.2) is 5.82 Å². The van der Waals surface area contributed by atoms with Crippen molar-refractivity contribution >= 4 is 19.7 Å². The van der Waals surface area contributed by atoms with Crippen LogP contribution in [-0.2, 0) is 25.1 Å². The van der Waals surface area contributed by atoms with Gasteiger partial charge in [0.05, 0.1) is 19.3 Å². The van der Waals surface area contributed by atoms with E-state index in [9.17, 15) is 8.42 Å². The lowest BCUT2D eigenvalue weighted by molar-refractivity contribution is 0.0466. The monoisotopic (exact) mass is 309 g/mol. The van der Waals surface area contributed by atoms with Crippen LogP contribution in [0.2, 0.25) is 0 Å². The Morgan fingerprint density at radius 2 is 2.21 bits per heavy atom. The summed E-state index contributed by atoms with van der Waals surface area (Å²) >= 11 is 0. The zero-order valence-electron chi connectivity index (χ0n) is 10.7. The Morgan fingerprint density at radius 3 is 2.74 bits per heavy atom. The third-order valence-corrected chi connectivity index (χ3v) is 4.15. The summed E-state index contributed by atoms with van der Waals surface area (Å²) in [6.45, 7) is 2.62. The summed E-state index contributed by atoms with van der Waals surface area (Å²) in [5.74, 6) is 0.487. The average Bonchev–Trinajstić information content (AvgIpc) is 2.91. The molecule has 0 radical (unpaired) electrons. The van der Waals surface area contributed by atoms with Gasteiger partial charge >= 0.3 is 0 Å². The Balaban J connectivity index is 2.35. The third-order valence-electron chi connectivity index (χ3n) is 3.00. The van der Waals surface area contributed by atoms with Crippen LogP contribution >= 0.6 is 10.7 Å². The highest BCUT2D eigenvalue weighted by Crippen LogP contribution is 2.32. The van der Waals surface area contributed by atoms with Crippen molar-refractivity contribution in [1.29, 1.82) is 0 Å². The van der Waals surface area contributed by atoms with Crippen molar-refractivity contribution in [3.63, 3.8) is 0 Å². The second kappa shape index (κ2) is 5.74. The van der Waals surface area contributed by atoms with Gasteiger partial charge in [-0.2, -0.15) is 0 Å². The fraction of sp³-hybridized carbons (Fsp3) is 0.800. The van der Waals surface area contributed by atoms with Crippen molar-refractivity contribution in [2.24, 2.45) is 0 Å². The maximum atomic E-state index is 11.5. The van der Waals surface area contributed by atoms with Gasteiger partial charge in [-0.25, -0.2) is 8.42 Å². The average molecular weight is 310 g/mol. The molecule has 0 N–H and O–H groups in total. The van der Waals surface area contributed by atoms with Gasteiger partial charge in [0.25, 0.3) is 14.2 Å². The number of hydrogen-bond donors (Lipinski definition) is 0. The lowest BCUT2D eigenvalue weighted by Crippen LogP contribution is -2.15. The van der Waals surface area contributed by atoms with E-state index in [1.807, 2.05) is 6.92 Å². The highest BCUT2D eigenvalue weighted by atomic mass is 35.7. The SMILES string of the molecule is COCCn1c(C2CCC(C)O2)nnc1S(=O)(=O)Cl. The first-order valence-electron chi connectivity index (χ1n) is 5.95. The zero-order valence-corrected chi connectivity index (χ0v) is 12.3. The zero-order chi connectivity index (χ0) is 14.0. The molecule has 0 bridgehead atoms. The lowest BCUT2D eigenvalue weighted by atomic mass is 10.2. The lowest BCUT2D eigenvalue weighted by Gasteiger charge is -2.13. The molecule has 7 nitrogen and oxygen atoms in total. The first kappa shape index (κ1) is 14.7. The Kier molecular flexibility index (Phi) is 4.44. The summed E-state index contributed by atoms with van der Waals surface area (Å²) in [6, 6.07) is 0. The molecule has 0 saturated carbocycles. The molecular formula is C10H16ClN3O4S. The second-order valence-corrected chi connectivity index (χ2v) is 6.90. The molecule has 108 valence electrons. The summed E-state index contributed by atoms with van der Waals surface area (Å²) in [6.07, 6.45) is 1.58. The van der Waals surface area contributed by atoms with Crippen LogP contribution in [0, 0.1) is 0 Å². The van der Waals surface area contributed by atoms with Crippen molar-refractivity contribution in [1.82, 2.24) is 14.8 Å². The molecule has 1 saturated heterocycles. The van der Waals surface area contributed by atoms with Crippen LogP contribution in [0.1, 0.15) is 31.7 Å². The minimum absolute atomic E-state index is 0.133. The minimum Gasteiger partial charge on any atom is -0.383 e. The predicted octanol–water partition coefficient (Wildman–Crippen LogP) is 1.09. The van der Waals surface area contributed by atoms with Crippen LogP contribution in [0.3, 0.4) is 0 Å². The van der Waals surface area contributed by atoms with E-state index in [-0.39, 0.29) is 17.4 Å². The van der Waals surface area contributed by atoms with Crippen LogP contribution in [-0.4, -0.2) is 43.0 Å². The molecule has 1 aliphatic rings. The van der Waals surface area contributed by atoms with Gasteiger partial charge in [0.1, 0.15) is 6.10 Å². The molecule has 0 aromatic carbocycles. The Morgan fingerprint density at radius 1 is 1.47 bits per heavy atom. The molecule has 2 heterocycles. The minimum atomic E-state index is -3.94. The van der Waals surface area contributed by atoms with E-state index >= 15 is 0 Å². The normalized spacial score (nSPS) is 23.9. The molecule has 2 unspecified atom stereocenters. The number of hydrogen-bond acceptors (Lipinski definition) is 6. The number of halogens is 1. The van der Waals surface area contributed by atoms with Crippen LogP contribution in [0.5, 0.6) is 0 Å². The number of nitrogens with zero attached hydrogens (tertiary/aromatic N) is 3. The topological polar surface area (TPSA) is 83.3 Å². The van der Waals surface area contributed by atoms with E-state index in [4.69, 9.17) is 20.2 Å². The highest BCUT2D eigenvalue weighted by Gasteiger charge is 2.31. The molecule has 1 aliphatic heterocycles. The molecule has 1 aromatic heterocycles. The van der Waals surface area contributed by atoms with E-state index in [2.05, 4.69) is 10.2 Å². The van der Waals surface area contributed by atoms with Gasteiger partial charge in [-0.3, -0.25) is 4.57 Å². The van der Waals surface area contributed by atoms with Gasteiger partial charge < -0.3 is 9.47 Å². The summed E-state index contributed by atoms with van der Waals surface area (Å²) in [5.41, 5.74) is 0. The van der Waals surface area contributed by atoms with Crippen molar-refractivity contribution in [2.75, 3.05) is 13.7 Å². The van der Waals surface area contributed by atoms with E-state index in [0.717, 1.165) is 12.8 Å². The van der Waals surface area contributed by atoms with Crippen molar-refractivity contribution in [2.45, 2.75) is 43.7 Å². The van der Waals surface area contributed by atoms with Crippen molar-refractivity contribution < 1.29 is 17.9 Å². The Labute approximate surface area is 116 Å². The van der Waals surface area contributed by atoms with Gasteiger partial charge in [-0.05, 0) is 19.8 Å². The molecule has 0 amide bonds. The predicted molar refractivity (Wildman–Crippen MR) is 67.5 cm³/mol. The molecule has 1 aromatic rings. The number of aromatic nitrogens is 3.